The number of carbonyl (C=O) groups excluding carboxylic acids is 2. The van der Waals surface area contributed by atoms with Gasteiger partial charge < -0.3 is 15.0 Å². The van der Waals surface area contributed by atoms with Crippen molar-refractivity contribution in [3.8, 4) is 0 Å². The summed E-state index contributed by atoms with van der Waals surface area (Å²) in [5.74, 6) is 0.0684. The van der Waals surface area contributed by atoms with Gasteiger partial charge in [0.2, 0.25) is 5.91 Å². The molecule has 2 amide bonds. The quantitative estimate of drug-likeness (QED) is 0.809. The molecule has 1 saturated heterocycles. The zero-order chi connectivity index (χ0) is 16.5. The second kappa shape index (κ2) is 5.85. The zero-order valence-corrected chi connectivity index (χ0v) is 14.5. The first-order chi connectivity index (χ1) is 9.32. The molecule has 0 spiro atoms. The Labute approximate surface area is 128 Å². The molecule has 5 heteroatoms. The van der Waals surface area contributed by atoms with E-state index < -0.39 is 11.0 Å². The van der Waals surface area contributed by atoms with Crippen molar-refractivity contribution in [2.24, 2.45) is 5.41 Å². The summed E-state index contributed by atoms with van der Waals surface area (Å²) in [5, 5.41) is 3.04. The average molecular weight is 298 g/mol. The molecule has 21 heavy (non-hydrogen) atoms. The van der Waals surface area contributed by atoms with E-state index in [1.54, 1.807) is 4.90 Å². The Bertz CT molecular complexity index is 397. The van der Waals surface area contributed by atoms with Gasteiger partial charge in [0.05, 0.1) is 0 Å². The maximum Gasteiger partial charge on any atom is 0.410 e. The predicted octanol–water partition coefficient (Wildman–Crippen LogP) is 2.94. The van der Waals surface area contributed by atoms with E-state index in [1.807, 2.05) is 48.5 Å². The van der Waals surface area contributed by atoms with Crippen molar-refractivity contribution in [1.82, 2.24) is 10.2 Å². The molecule has 0 aliphatic carbocycles. The predicted molar refractivity (Wildman–Crippen MR) is 83.0 cm³/mol. The van der Waals surface area contributed by atoms with Crippen molar-refractivity contribution in [2.45, 2.75) is 72.4 Å². The largest absolute Gasteiger partial charge is 0.444 e. The fraction of sp³-hybridized carbons (Fsp3) is 0.875. The van der Waals surface area contributed by atoms with Gasteiger partial charge in [0.25, 0.3) is 0 Å². The number of piperidine rings is 1. The number of rotatable bonds is 1. The van der Waals surface area contributed by atoms with Gasteiger partial charge in [0.1, 0.15) is 5.60 Å². The molecule has 0 aromatic carbocycles. The SMILES string of the molecule is CC(C)(C)NC(=O)C1(C)CCN(C(=O)OC(C)(C)C)CC1. The van der Waals surface area contributed by atoms with Crippen LogP contribution in [0.4, 0.5) is 4.79 Å². The van der Waals surface area contributed by atoms with Crippen LogP contribution in [0.2, 0.25) is 0 Å². The van der Waals surface area contributed by atoms with Gasteiger partial charge in [-0.3, -0.25) is 4.79 Å². The van der Waals surface area contributed by atoms with Crippen LogP contribution >= 0.6 is 0 Å². The highest BCUT2D eigenvalue weighted by Gasteiger charge is 2.40. The Morgan fingerprint density at radius 1 is 1.05 bits per heavy atom. The van der Waals surface area contributed by atoms with Crippen molar-refractivity contribution < 1.29 is 14.3 Å². The topological polar surface area (TPSA) is 58.6 Å². The molecule has 1 heterocycles. The first-order valence-corrected chi connectivity index (χ1v) is 7.63. The highest BCUT2D eigenvalue weighted by molar-refractivity contribution is 5.83. The number of likely N-dealkylation sites (tertiary alicyclic amines) is 1. The minimum absolute atomic E-state index is 0.0684. The highest BCUT2D eigenvalue weighted by atomic mass is 16.6. The maximum absolute atomic E-state index is 12.4. The fourth-order valence-corrected chi connectivity index (χ4v) is 2.23. The zero-order valence-electron chi connectivity index (χ0n) is 14.5. The Hall–Kier alpha value is -1.26. The van der Waals surface area contributed by atoms with Crippen molar-refractivity contribution >= 4 is 12.0 Å². The van der Waals surface area contributed by atoms with E-state index in [0.717, 1.165) is 0 Å². The van der Waals surface area contributed by atoms with E-state index in [-0.39, 0.29) is 17.5 Å². The summed E-state index contributed by atoms with van der Waals surface area (Å²) in [6.45, 7) is 14.6. The van der Waals surface area contributed by atoms with Gasteiger partial charge in [0, 0.05) is 24.0 Å². The summed E-state index contributed by atoms with van der Waals surface area (Å²) in [6.07, 6.45) is 1.03. The van der Waals surface area contributed by atoms with Gasteiger partial charge in [-0.15, -0.1) is 0 Å². The Morgan fingerprint density at radius 2 is 1.52 bits per heavy atom. The highest BCUT2D eigenvalue weighted by Crippen LogP contribution is 2.32. The first kappa shape index (κ1) is 17.8. The molecule has 1 rings (SSSR count). The van der Waals surface area contributed by atoms with Gasteiger partial charge in [-0.05, 0) is 54.4 Å². The average Bonchev–Trinajstić information content (AvgIpc) is 2.25. The van der Waals surface area contributed by atoms with Crippen LogP contribution in [0.3, 0.4) is 0 Å². The molecule has 1 N–H and O–H groups in total. The van der Waals surface area contributed by atoms with E-state index in [0.29, 0.717) is 25.9 Å². The normalized spacial score (nSPS) is 19.1. The van der Waals surface area contributed by atoms with Gasteiger partial charge in [-0.1, -0.05) is 6.92 Å². The van der Waals surface area contributed by atoms with Crippen LogP contribution in [-0.2, 0) is 9.53 Å². The van der Waals surface area contributed by atoms with Crippen molar-refractivity contribution in [3.63, 3.8) is 0 Å². The number of amides is 2. The maximum atomic E-state index is 12.4. The summed E-state index contributed by atoms with van der Waals surface area (Å²) < 4.78 is 5.37. The van der Waals surface area contributed by atoms with Gasteiger partial charge in [-0.2, -0.15) is 0 Å². The van der Waals surface area contributed by atoms with E-state index in [1.165, 1.54) is 0 Å². The van der Waals surface area contributed by atoms with E-state index in [9.17, 15) is 9.59 Å². The monoisotopic (exact) mass is 298 g/mol. The first-order valence-electron chi connectivity index (χ1n) is 7.63. The number of nitrogens with zero attached hydrogens (tertiary/aromatic N) is 1. The van der Waals surface area contributed by atoms with Gasteiger partial charge >= 0.3 is 6.09 Å². The number of hydrogen-bond acceptors (Lipinski definition) is 3. The van der Waals surface area contributed by atoms with Gasteiger partial charge in [0.15, 0.2) is 0 Å². The van der Waals surface area contributed by atoms with E-state index in [2.05, 4.69) is 5.32 Å². The summed E-state index contributed by atoms with van der Waals surface area (Å²) in [6, 6.07) is 0. The molecule has 0 bridgehead atoms. The smallest absolute Gasteiger partial charge is 0.410 e. The Morgan fingerprint density at radius 3 is 1.90 bits per heavy atom. The summed E-state index contributed by atoms with van der Waals surface area (Å²) in [5.41, 5.74) is -1.13. The van der Waals surface area contributed by atoms with Crippen LogP contribution in [0, 0.1) is 5.41 Å². The van der Waals surface area contributed by atoms with Crippen LogP contribution in [-0.4, -0.2) is 41.1 Å². The van der Waals surface area contributed by atoms with Crippen molar-refractivity contribution in [1.29, 1.82) is 0 Å². The van der Waals surface area contributed by atoms with Crippen LogP contribution in [0.5, 0.6) is 0 Å². The van der Waals surface area contributed by atoms with Crippen LogP contribution in [0.1, 0.15) is 61.3 Å². The number of hydrogen-bond donors (Lipinski definition) is 1. The fourth-order valence-electron chi connectivity index (χ4n) is 2.23. The van der Waals surface area contributed by atoms with Gasteiger partial charge in [-0.25, -0.2) is 4.79 Å². The lowest BCUT2D eigenvalue weighted by Crippen LogP contribution is -2.53. The molecular weight excluding hydrogens is 268 g/mol. The standard InChI is InChI=1S/C16H30N2O3/c1-14(2,3)17-12(19)16(7)8-10-18(11-9-16)13(20)21-15(4,5)6/h8-11H2,1-7H3,(H,17,19). The summed E-state index contributed by atoms with van der Waals surface area (Å²) >= 11 is 0. The van der Waals surface area contributed by atoms with E-state index in [4.69, 9.17) is 4.74 Å². The molecule has 0 aromatic rings. The van der Waals surface area contributed by atoms with Crippen LogP contribution in [0.15, 0.2) is 0 Å². The molecule has 122 valence electrons. The third-order valence-corrected chi connectivity index (χ3v) is 3.56. The molecule has 0 radical (unpaired) electrons. The number of carbonyl (C=O) groups is 2. The third kappa shape index (κ3) is 5.56. The van der Waals surface area contributed by atoms with Crippen molar-refractivity contribution in [2.75, 3.05) is 13.1 Å². The Kier molecular flexibility index (Phi) is 4.96. The van der Waals surface area contributed by atoms with E-state index >= 15 is 0 Å². The molecule has 1 fully saturated rings. The second-order valence-electron chi connectivity index (χ2n) is 8.23. The number of ether oxygens (including phenoxy) is 1. The summed E-state index contributed by atoms with van der Waals surface area (Å²) in [4.78, 5) is 26.1. The molecule has 5 nitrogen and oxygen atoms in total. The lowest BCUT2D eigenvalue weighted by Gasteiger charge is -2.40. The molecular formula is C16H30N2O3. The molecule has 0 saturated carbocycles. The Balaban J connectivity index is 2.58. The molecule has 0 unspecified atom stereocenters. The van der Waals surface area contributed by atoms with Crippen LogP contribution < -0.4 is 5.32 Å². The minimum Gasteiger partial charge on any atom is -0.444 e. The van der Waals surface area contributed by atoms with Crippen LogP contribution in [0.25, 0.3) is 0 Å². The lowest BCUT2D eigenvalue weighted by molar-refractivity contribution is -0.134. The summed E-state index contributed by atoms with van der Waals surface area (Å²) in [7, 11) is 0. The molecule has 1 aliphatic rings. The minimum atomic E-state index is -0.485. The lowest BCUT2D eigenvalue weighted by atomic mass is 9.79. The molecule has 1 aliphatic heterocycles. The third-order valence-electron chi connectivity index (χ3n) is 3.56. The second-order valence-corrected chi connectivity index (χ2v) is 8.23. The number of nitrogens with one attached hydrogen (secondary N) is 1. The van der Waals surface area contributed by atoms with Crippen molar-refractivity contribution in [3.05, 3.63) is 0 Å². The molecule has 0 aromatic heterocycles. The molecule has 0 atom stereocenters.